The average molecular weight is 395 g/mol. The standard InChI is InChI=1S/C19H34BN3O5/c1-13-15(20-27-18(5,6)19(7,8)28-20)14(26-22-13)12-23(11-10-21-9)16(24)25-17(2,3)4/h21H,10-12H2,1-9H3. The summed E-state index contributed by atoms with van der Waals surface area (Å²) in [6, 6.07) is 0. The SMILES string of the molecule is CNCCN(Cc1onc(C)c1B1OC(C)(C)C(C)(C)O1)C(=O)OC(C)(C)C. The van der Waals surface area contributed by atoms with E-state index in [1.807, 2.05) is 62.4 Å². The normalized spacial score (nSPS) is 18.4. The lowest BCUT2D eigenvalue weighted by molar-refractivity contribution is 0.00578. The first-order chi connectivity index (χ1) is 12.8. The molecule has 0 unspecified atom stereocenters. The number of carbonyl (C=O) groups is 1. The van der Waals surface area contributed by atoms with E-state index in [4.69, 9.17) is 18.6 Å². The van der Waals surface area contributed by atoms with E-state index in [9.17, 15) is 4.79 Å². The van der Waals surface area contributed by atoms with E-state index in [0.29, 0.717) is 24.5 Å². The summed E-state index contributed by atoms with van der Waals surface area (Å²) in [6.45, 7) is 16.7. The predicted octanol–water partition coefficient (Wildman–Crippen LogP) is 2.24. The number of aromatic nitrogens is 1. The molecule has 2 rings (SSSR count). The first-order valence-corrected chi connectivity index (χ1v) is 9.70. The van der Waals surface area contributed by atoms with Gasteiger partial charge in [-0.15, -0.1) is 0 Å². The Bertz CT molecular complexity index is 680. The molecule has 1 amide bonds. The van der Waals surface area contributed by atoms with Crippen molar-refractivity contribution in [3.8, 4) is 0 Å². The van der Waals surface area contributed by atoms with E-state index in [0.717, 1.165) is 5.46 Å². The van der Waals surface area contributed by atoms with Crippen molar-refractivity contribution < 1.29 is 23.4 Å². The fraction of sp³-hybridized carbons (Fsp3) is 0.789. The van der Waals surface area contributed by atoms with E-state index in [-0.39, 0.29) is 6.54 Å². The van der Waals surface area contributed by atoms with E-state index < -0.39 is 30.0 Å². The lowest BCUT2D eigenvalue weighted by Crippen LogP contribution is -2.42. The summed E-state index contributed by atoms with van der Waals surface area (Å²) in [5.41, 5.74) is -0.116. The van der Waals surface area contributed by atoms with Crippen molar-refractivity contribution in [3.63, 3.8) is 0 Å². The molecule has 0 atom stereocenters. The number of nitrogens with zero attached hydrogens (tertiary/aromatic N) is 2. The van der Waals surface area contributed by atoms with E-state index >= 15 is 0 Å². The molecule has 1 aromatic rings. The van der Waals surface area contributed by atoms with Gasteiger partial charge in [0.2, 0.25) is 0 Å². The van der Waals surface area contributed by atoms with Crippen molar-refractivity contribution in [1.29, 1.82) is 0 Å². The molecule has 9 heteroatoms. The van der Waals surface area contributed by atoms with Crippen LogP contribution in [0, 0.1) is 6.92 Å². The maximum atomic E-state index is 12.7. The van der Waals surface area contributed by atoms with Gasteiger partial charge >= 0.3 is 13.2 Å². The molecule has 158 valence electrons. The van der Waals surface area contributed by atoms with Gasteiger partial charge in [0.05, 0.1) is 28.9 Å². The number of rotatable bonds is 6. The van der Waals surface area contributed by atoms with Crippen LogP contribution in [0.1, 0.15) is 59.9 Å². The maximum absolute atomic E-state index is 12.7. The first-order valence-electron chi connectivity index (χ1n) is 9.70. The highest BCUT2D eigenvalue weighted by molar-refractivity contribution is 6.63. The Kier molecular flexibility index (Phi) is 6.52. The molecule has 1 aromatic heterocycles. The molecule has 8 nitrogen and oxygen atoms in total. The van der Waals surface area contributed by atoms with Crippen LogP contribution in [0.25, 0.3) is 0 Å². The third kappa shape index (κ3) is 5.07. The molecule has 0 bridgehead atoms. The zero-order valence-corrected chi connectivity index (χ0v) is 18.6. The smallest absolute Gasteiger partial charge is 0.444 e. The Hall–Kier alpha value is -1.58. The molecule has 0 radical (unpaired) electrons. The first kappa shape index (κ1) is 22.7. The average Bonchev–Trinajstić information content (AvgIpc) is 2.98. The van der Waals surface area contributed by atoms with Crippen LogP contribution in [0.3, 0.4) is 0 Å². The monoisotopic (exact) mass is 395 g/mol. The minimum absolute atomic E-state index is 0.219. The van der Waals surface area contributed by atoms with Crippen LogP contribution in [-0.2, 0) is 20.6 Å². The van der Waals surface area contributed by atoms with Crippen LogP contribution in [-0.4, -0.2) is 60.2 Å². The number of ether oxygens (including phenoxy) is 1. The van der Waals surface area contributed by atoms with Gasteiger partial charge in [0.25, 0.3) is 0 Å². The molecule has 28 heavy (non-hydrogen) atoms. The molecular formula is C19H34BN3O5. The molecule has 0 aliphatic carbocycles. The molecule has 1 aliphatic heterocycles. The van der Waals surface area contributed by atoms with Crippen molar-refractivity contribution in [3.05, 3.63) is 11.5 Å². The lowest BCUT2D eigenvalue weighted by atomic mass is 9.77. The van der Waals surface area contributed by atoms with Crippen LogP contribution < -0.4 is 10.8 Å². The summed E-state index contributed by atoms with van der Waals surface area (Å²) >= 11 is 0. The van der Waals surface area contributed by atoms with Gasteiger partial charge in [-0.05, 0) is 62.4 Å². The largest absolute Gasteiger partial charge is 0.500 e. The highest BCUT2D eigenvalue weighted by atomic mass is 16.7. The summed E-state index contributed by atoms with van der Waals surface area (Å²) in [7, 11) is 1.23. The number of nitrogens with one attached hydrogen (secondary N) is 1. The molecule has 2 heterocycles. The quantitative estimate of drug-likeness (QED) is 0.740. The van der Waals surface area contributed by atoms with Crippen molar-refractivity contribution >= 4 is 18.7 Å². The van der Waals surface area contributed by atoms with Crippen LogP contribution in [0.15, 0.2) is 4.52 Å². The van der Waals surface area contributed by atoms with E-state index in [1.54, 1.807) is 4.90 Å². The van der Waals surface area contributed by atoms with Gasteiger partial charge in [0.15, 0.2) is 5.76 Å². The lowest BCUT2D eigenvalue weighted by Gasteiger charge is -2.32. The topological polar surface area (TPSA) is 86.1 Å². The van der Waals surface area contributed by atoms with Gasteiger partial charge in [0, 0.05) is 13.1 Å². The Labute approximate surface area is 168 Å². The Balaban J connectivity index is 2.26. The molecule has 0 spiro atoms. The van der Waals surface area contributed by atoms with E-state index in [2.05, 4.69) is 10.5 Å². The molecule has 0 saturated carbocycles. The molecule has 0 aromatic carbocycles. The minimum atomic E-state index is -0.601. The van der Waals surface area contributed by atoms with Gasteiger partial charge in [0.1, 0.15) is 5.60 Å². The highest BCUT2D eigenvalue weighted by Gasteiger charge is 2.53. The van der Waals surface area contributed by atoms with Crippen LogP contribution in [0.2, 0.25) is 0 Å². The van der Waals surface area contributed by atoms with Crippen LogP contribution >= 0.6 is 0 Å². The predicted molar refractivity (Wildman–Crippen MR) is 108 cm³/mol. The fourth-order valence-electron chi connectivity index (χ4n) is 2.78. The zero-order valence-electron chi connectivity index (χ0n) is 18.6. The number of aryl methyl sites for hydroxylation is 1. The number of carbonyl (C=O) groups excluding carboxylic acids is 1. The van der Waals surface area contributed by atoms with E-state index in [1.165, 1.54) is 0 Å². The molecule has 1 saturated heterocycles. The van der Waals surface area contributed by atoms with Crippen molar-refractivity contribution in [2.24, 2.45) is 0 Å². The Morgan fingerprint density at radius 1 is 1.21 bits per heavy atom. The Morgan fingerprint density at radius 3 is 2.29 bits per heavy atom. The maximum Gasteiger partial charge on any atom is 0.500 e. The molecule has 1 fully saturated rings. The van der Waals surface area contributed by atoms with Crippen molar-refractivity contribution in [1.82, 2.24) is 15.4 Å². The number of hydrogen-bond donors (Lipinski definition) is 1. The number of likely N-dealkylation sites (N-methyl/N-ethyl adjacent to an activating group) is 1. The van der Waals surface area contributed by atoms with Crippen molar-refractivity contribution in [2.45, 2.75) is 78.7 Å². The number of hydrogen-bond acceptors (Lipinski definition) is 7. The van der Waals surface area contributed by atoms with Crippen LogP contribution in [0.5, 0.6) is 0 Å². The van der Waals surface area contributed by atoms with Gasteiger partial charge < -0.3 is 23.9 Å². The second-order valence-electron chi connectivity index (χ2n) is 9.20. The van der Waals surface area contributed by atoms with Gasteiger partial charge in [-0.25, -0.2) is 4.79 Å². The summed E-state index contributed by atoms with van der Waals surface area (Å²) in [5, 5.41) is 7.15. The third-order valence-corrected chi connectivity index (χ3v) is 5.09. The zero-order chi connectivity index (χ0) is 21.3. The summed E-state index contributed by atoms with van der Waals surface area (Å²) in [4.78, 5) is 14.3. The van der Waals surface area contributed by atoms with Crippen molar-refractivity contribution in [2.75, 3.05) is 20.1 Å². The van der Waals surface area contributed by atoms with Gasteiger partial charge in [-0.2, -0.15) is 0 Å². The van der Waals surface area contributed by atoms with Gasteiger partial charge in [-0.1, -0.05) is 5.16 Å². The summed E-state index contributed by atoms with van der Waals surface area (Å²) in [6.07, 6.45) is -0.406. The number of amides is 1. The van der Waals surface area contributed by atoms with Gasteiger partial charge in [-0.3, -0.25) is 4.90 Å². The molecule has 1 N–H and O–H groups in total. The molecular weight excluding hydrogens is 361 g/mol. The third-order valence-electron chi connectivity index (χ3n) is 5.09. The second kappa shape index (κ2) is 8.04. The fourth-order valence-corrected chi connectivity index (χ4v) is 2.78. The summed E-state index contributed by atoms with van der Waals surface area (Å²) in [5.74, 6) is 0.540. The molecule has 1 aliphatic rings. The minimum Gasteiger partial charge on any atom is -0.444 e. The van der Waals surface area contributed by atoms with Crippen LogP contribution in [0.4, 0.5) is 4.79 Å². The highest BCUT2D eigenvalue weighted by Crippen LogP contribution is 2.37. The second-order valence-corrected chi connectivity index (χ2v) is 9.20. The summed E-state index contributed by atoms with van der Waals surface area (Å²) < 4.78 is 23.4. The Morgan fingerprint density at radius 2 is 1.79 bits per heavy atom.